The van der Waals surface area contributed by atoms with Gasteiger partial charge in [0.05, 0.1) is 12.3 Å². The summed E-state index contributed by atoms with van der Waals surface area (Å²) in [6.07, 6.45) is 5.00. The summed E-state index contributed by atoms with van der Waals surface area (Å²) in [6.45, 7) is 2.64. The second-order valence-corrected chi connectivity index (χ2v) is 7.36. The molecule has 7 nitrogen and oxygen atoms in total. The van der Waals surface area contributed by atoms with Gasteiger partial charge in [-0.3, -0.25) is 9.78 Å². The standard InChI is InChI=1S/C16H19N3O4S/c1-2-19-14(20)9-13(16(19)12-5-3-7-17-10-12)11-18-24(21,22)15-6-4-8-23-15/h3-8,10,13,16,18H,2,9,11H2,1H3/t13-,16-/m0/s1. The van der Waals surface area contributed by atoms with Crippen molar-refractivity contribution in [3.8, 4) is 0 Å². The number of likely N-dealkylation sites (tertiary alicyclic amines) is 1. The van der Waals surface area contributed by atoms with Gasteiger partial charge in [-0.1, -0.05) is 6.07 Å². The first-order valence-electron chi connectivity index (χ1n) is 7.75. The maximum absolute atomic E-state index is 12.3. The fourth-order valence-corrected chi connectivity index (χ4v) is 4.14. The molecule has 3 rings (SSSR count). The largest absolute Gasteiger partial charge is 0.452 e. The fraction of sp³-hybridized carbons (Fsp3) is 0.375. The maximum atomic E-state index is 12.3. The first-order chi connectivity index (χ1) is 11.5. The molecule has 2 aromatic rings. The normalized spacial score (nSPS) is 21.4. The summed E-state index contributed by atoms with van der Waals surface area (Å²) in [5, 5.41) is -0.128. The molecule has 128 valence electrons. The number of pyridine rings is 1. The van der Waals surface area contributed by atoms with Gasteiger partial charge in [-0.2, -0.15) is 0 Å². The number of amides is 1. The van der Waals surface area contributed by atoms with Crippen LogP contribution in [0.4, 0.5) is 0 Å². The molecule has 1 fully saturated rings. The highest BCUT2D eigenvalue weighted by Crippen LogP contribution is 2.37. The monoisotopic (exact) mass is 349 g/mol. The minimum absolute atomic E-state index is 0.0218. The second kappa shape index (κ2) is 6.74. The Morgan fingerprint density at radius 1 is 1.38 bits per heavy atom. The Hall–Kier alpha value is -2.19. The first kappa shape index (κ1) is 16.7. The number of furan rings is 1. The molecule has 0 bridgehead atoms. The average molecular weight is 349 g/mol. The molecule has 8 heteroatoms. The predicted molar refractivity (Wildman–Crippen MR) is 86.4 cm³/mol. The van der Waals surface area contributed by atoms with Crippen LogP contribution in [0.25, 0.3) is 0 Å². The summed E-state index contributed by atoms with van der Waals surface area (Å²) < 4.78 is 31.9. The molecule has 2 aromatic heterocycles. The Bertz CT molecular complexity index is 790. The number of rotatable bonds is 6. The molecule has 1 aliphatic rings. The van der Waals surface area contributed by atoms with Crippen LogP contribution in [0, 0.1) is 5.92 Å². The Kier molecular flexibility index (Phi) is 4.68. The van der Waals surface area contributed by atoms with Gasteiger partial charge < -0.3 is 9.32 Å². The van der Waals surface area contributed by atoms with Gasteiger partial charge in [0.15, 0.2) is 0 Å². The van der Waals surface area contributed by atoms with Crippen molar-refractivity contribution in [3.63, 3.8) is 0 Å². The molecule has 0 saturated carbocycles. The van der Waals surface area contributed by atoms with Crippen LogP contribution in [0.15, 0.2) is 52.4 Å². The van der Waals surface area contributed by atoms with Gasteiger partial charge in [0.2, 0.25) is 11.0 Å². The van der Waals surface area contributed by atoms with Crippen LogP contribution < -0.4 is 4.72 Å². The number of hydrogen-bond acceptors (Lipinski definition) is 5. The molecule has 0 aromatic carbocycles. The maximum Gasteiger partial charge on any atom is 0.273 e. The van der Waals surface area contributed by atoms with Crippen LogP contribution in [0.2, 0.25) is 0 Å². The van der Waals surface area contributed by atoms with Crippen molar-refractivity contribution in [1.82, 2.24) is 14.6 Å². The van der Waals surface area contributed by atoms with E-state index in [9.17, 15) is 13.2 Å². The number of sulfonamides is 1. The zero-order valence-electron chi connectivity index (χ0n) is 13.3. The lowest BCUT2D eigenvalue weighted by Crippen LogP contribution is -2.33. The summed E-state index contributed by atoms with van der Waals surface area (Å²) in [5.74, 6) is -0.139. The van der Waals surface area contributed by atoms with E-state index >= 15 is 0 Å². The van der Waals surface area contributed by atoms with E-state index in [1.54, 1.807) is 17.3 Å². The number of hydrogen-bond donors (Lipinski definition) is 1. The average Bonchev–Trinajstić information content (AvgIpc) is 3.22. The lowest BCUT2D eigenvalue weighted by atomic mass is 9.95. The van der Waals surface area contributed by atoms with Crippen LogP contribution in [-0.2, 0) is 14.8 Å². The molecular weight excluding hydrogens is 330 g/mol. The van der Waals surface area contributed by atoms with Crippen molar-refractivity contribution in [3.05, 3.63) is 48.5 Å². The van der Waals surface area contributed by atoms with Crippen LogP contribution in [0.3, 0.4) is 0 Å². The van der Waals surface area contributed by atoms with E-state index in [1.165, 1.54) is 18.4 Å². The molecule has 2 atom stereocenters. The van der Waals surface area contributed by atoms with E-state index in [0.717, 1.165) is 5.56 Å². The molecule has 0 spiro atoms. The van der Waals surface area contributed by atoms with Crippen LogP contribution >= 0.6 is 0 Å². The van der Waals surface area contributed by atoms with Gasteiger partial charge in [-0.25, -0.2) is 13.1 Å². The highest BCUT2D eigenvalue weighted by atomic mass is 32.2. The second-order valence-electron chi connectivity index (χ2n) is 5.66. The molecule has 0 aliphatic carbocycles. The molecular formula is C16H19N3O4S. The van der Waals surface area contributed by atoms with E-state index in [0.29, 0.717) is 13.0 Å². The third kappa shape index (κ3) is 3.20. The third-order valence-corrected chi connectivity index (χ3v) is 5.51. The highest BCUT2D eigenvalue weighted by Gasteiger charge is 2.40. The Morgan fingerprint density at radius 2 is 2.21 bits per heavy atom. The summed E-state index contributed by atoms with van der Waals surface area (Å²) in [7, 11) is -3.71. The molecule has 0 radical (unpaired) electrons. The summed E-state index contributed by atoms with van der Waals surface area (Å²) in [5.41, 5.74) is 0.910. The lowest BCUT2D eigenvalue weighted by molar-refractivity contribution is -0.128. The van der Waals surface area contributed by atoms with Gasteiger partial charge in [-0.15, -0.1) is 0 Å². The molecule has 24 heavy (non-hydrogen) atoms. The van der Waals surface area contributed by atoms with E-state index in [4.69, 9.17) is 4.42 Å². The Balaban J connectivity index is 1.80. The quantitative estimate of drug-likeness (QED) is 0.854. The van der Waals surface area contributed by atoms with Crippen molar-refractivity contribution in [2.45, 2.75) is 24.5 Å². The minimum Gasteiger partial charge on any atom is -0.452 e. The molecule has 1 amide bonds. The topological polar surface area (TPSA) is 92.5 Å². The molecule has 3 heterocycles. The molecule has 0 unspecified atom stereocenters. The van der Waals surface area contributed by atoms with Gasteiger partial charge >= 0.3 is 0 Å². The van der Waals surface area contributed by atoms with E-state index in [2.05, 4.69) is 9.71 Å². The summed E-state index contributed by atoms with van der Waals surface area (Å²) in [6, 6.07) is 6.45. The summed E-state index contributed by atoms with van der Waals surface area (Å²) >= 11 is 0. The van der Waals surface area contributed by atoms with Crippen molar-refractivity contribution in [2.24, 2.45) is 5.92 Å². The third-order valence-electron chi connectivity index (χ3n) is 4.20. The van der Waals surface area contributed by atoms with Crippen molar-refractivity contribution in [1.29, 1.82) is 0 Å². The Morgan fingerprint density at radius 3 is 2.83 bits per heavy atom. The molecule has 1 aliphatic heterocycles. The number of aromatic nitrogens is 1. The Labute approximate surface area is 140 Å². The van der Waals surface area contributed by atoms with Crippen LogP contribution in [0.1, 0.15) is 24.9 Å². The van der Waals surface area contributed by atoms with Crippen molar-refractivity contribution in [2.75, 3.05) is 13.1 Å². The van der Waals surface area contributed by atoms with Crippen LogP contribution in [-0.4, -0.2) is 37.3 Å². The smallest absolute Gasteiger partial charge is 0.273 e. The van der Waals surface area contributed by atoms with Gasteiger partial charge in [-0.05, 0) is 30.7 Å². The van der Waals surface area contributed by atoms with E-state index in [-0.39, 0.29) is 29.5 Å². The van der Waals surface area contributed by atoms with Gasteiger partial charge in [0.1, 0.15) is 0 Å². The molecule has 1 saturated heterocycles. The van der Waals surface area contributed by atoms with Crippen molar-refractivity contribution < 1.29 is 17.6 Å². The van der Waals surface area contributed by atoms with Gasteiger partial charge in [0, 0.05) is 37.8 Å². The zero-order chi connectivity index (χ0) is 17.2. The predicted octanol–water partition coefficient (Wildman–Crippen LogP) is 1.56. The molecule has 1 N–H and O–H groups in total. The van der Waals surface area contributed by atoms with E-state index < -0.39 is 10.0 Å². The van der Waals surface area contributed by atoms with Crippen LogP contribution in [0.5, 0.6) is 0 Å². The fourth-order valence-electron chi connectivity index (χ4n) is 3.13. The highest BCUT2D eigenvalue weighted by molar-refractivity contribution is 7.89. The van der Waals surface area contributed by atoms with Gasteiger partial charge in [0.25, 0.3) is 10.0 Å². The number of nitrogens with zero attached hydrogens (tertiary/aromatic N) is 2. The first-order valence-corrected chi connectivity index (χ1v) is 9.24. The van der Waals surface area contributed by atoms with E-state index in [1.807, 2.05) is 19.1 Å². The van der Waals surface area contributed by atoms with Crippen molar-refractivity contribution >= 4 is 15.9 Å². The number of carbonyl (C=O) groups excluding carboxylic acids is 1. The SMILES string of the molecule is CCN1C(=O)C[C@@H](CNS(=O)(=O)c2ccco2)[C@@H]1c1cccnc1. The number of carbonyl (C=O) groups is 1. The number of nitrogens with one attached hydrogen (secondary N) is 1. The lowest BCUT2D eigenvalue weighted by Gasteiger charge is -2.27. The zero-order valence-corrected chi connectivity index (χ0v) is 14.1. The minimum atomic E-state index is -3.71. The summed E-state index contributed by atoms with van der Waals surface area (Å²) in [4.78, 5) is 18.1.